The number of halogens is 1. The second-order valence-electron chi connectivity index (χ2n) is 6.36. The van der Waals surface area contributed by atoms with Gasteiger partial charge in [0.15, 0.2) is 0 Å². The zero-order valence-electron chi connectivity index (χ0n) is 12.3. The molecule has 2 atom stereocenters. The zero-order valence-corrected chi connectivity index (χ0v) is 12.3. The molecular weight excluding hydrogens is 267 g/mol. The SMILES string of the molecule is NCC1CCCC1C(=O)N(Cc1ccc(F)cc1)C1CC1. The first-order chi connectivity index (χ1) is 10.2. The van der Waals surface area contributed by atoms with E-state index >= 15 is 0 Å². The van der Waals surface area contributed by atoms with Crippen molar-refractivity contribution in [2.45, 2.75) is 44.7 Å². The summed E-state index contributed by atoms with van der Waals surface area (Å²) in [7, 11) is 0. The molecule has 2 fully saturated rings. The van der Waals surface area contributed by atoms with Gasteiger partial charge in [-0.25, -0.2) is 4.39 Å². The number of nitrogens with zero attached hydrogens (tertiary/aromatic N) is 1. The molecule has 114 valence electrons. The molecule has 3 rings (SSSR count). The number of amides is 1. The van der Waals surface area contributed by atoms with Crippen LogP contribution in [0.4, 0.5) is 4.39 Å². The molecule has 0 bridgehead atoms. The van der Waals surface area contributed by atoms with Crippen LogP contribution >= 0.6 is 0 Å². The van der Waals surface area contributed by atoms with Crippen LogP contribution in [0, 0.1) is 17.7 Å². The Kier molecular flexibility index (Phi) is 4.24. The van der Waals surface area contributed by atoms with Crippen molar-refractivity contribution in [1.82, 2.24) is 4.90 Å². The third kappa shape index (κ3) is 3.26. The number of hydrogen-bond donors (Lipinski definition) is 1. The maximum Gasteiger partial charge on any atom is 0.226 e. The Balaban J connectivity index is 1.72. The Bertz CT molecular complexity index is 498. The van der Waals surface area contributed by atoms with Crippen molar-refractivity contribution in [3.63, 3.8) is 0 Å². The largest absolute Gasteiger partial charge is 0.335 e. The van der Waals surface area contributed by atoms with E-state index in [9.17, 15) is 9.18 Å². The Hall–Kier alpha value is -1.42. The quantitative estimate of drug-likeness (QED) is 0.906. The molecule has 0 saturated heterocycles. The van der Waals surface area contributed by atoms with Gasteiger partial charge in [0.25, 0.3) is 0 Å². The van der Waals surface area contributed by atoms with E-state index in [0.29, 0.717) is 25.0 Å². The van der Waals surface area contributed by atoms with E-state index in [-0.39, 0.29) is 17.6 Å². The van der Waals surface area contributed by atoms with Crippen molar-refractivity contribution >= 4 is 5.91 Å². The van der Waals surface area contributed by atoms with Crippen molar-refractivity contribution in [3.8, 4) is 0 Å². The van der Waals surface area contributed by atoms with Gasteiger partial charge in [-0.15, -0.1) is 0 Å². The molecule has 2 N–H and O–H groups in total. The summed E-state index contributed by atoms with van der Waals surface area (Å²) in [6, 6.07) is 6.84. The van der Waals surface area contributed by atoms with E-state index in [1.807, 2.05) is 4.90 Å². The molecule has 1 aromatic rings. The fourth-order valence-corrected chi connectivity index (χ4v) is 3.42. The van der Waals surface area contributed by atoms with Gasteiger partial charge in [-0.3, -0.25) is 4.79 Å². The first-order valence-electron chi connectivity index (χ1n) is 7.94. The van der Waals surface area contributed by atoms with Crippen molar-refractivity contribution in [1.29, 1.82) is 0 Å². The van der Waals surface area contributed by atoms with Gasteiger partial charge in [-0.2, -0.15) is 0 Å². The average Bonchev–Trinajstić information content (AvgIpc) is 3.22. The Morgan fingerprint density at radius 2 is 1.90 bits per heavy atom. The lowest BCUT2D eigenvalue weighted by atomic mass is 9.94. The van der Waals surface area contributed by atoms with E-state index in [4.69, 9.17) is 5.73 Å². The van der Waals surface area contributed by atoms with Crippen LogP contribution in [-0.2, 0) is 11.3 Å². The molecule has 21 heavy (non-hydrogen) atoms. The van der Waals surface area contributed by atoms with E-state index in [1.54, 1.807) is 12.1 Å². The van der Waals surface area contributed by atoms with Gasteiger partial charge in [0.05, 0.1) is 0 Å². The van der Waals surface area contributed by atoms with Gasteiger partial charge in [0.2, 0.25) is 5.91 Å². The highest BCUT2D eigenvalue weighted by Crippen LogP contribution is 2.36. The van der Waals surface area contributed by atoms with Gasteiger partial charge in [-0.05, 0) is 55.8 Å². The molecule has 4 heteroatoms. The first kappa shape index (κ1) is 14.5. The normalized spacial score (nSPS) is 25.0. The Morgan fingerprint density at radius 3 is 2.52 bits per heavy atom. The minimum atomic E-state index is -0.234. The Morgan fingerprint density at radius 1 is 1.19 bits per heavy atom. The number of benzene rings is 1. The molecule has 2 aliphatic rings. The highest BCUT2D eigenvalue weighted by atomic mass is 19.1. The fraction of sp³-hybridized carbons (Fsp3) is 0.588. The summed E-state index contributed by atoms with van der Waals surface area (Å²) in [4.78, 5) is 14.9. The zero-order chi connectivity index (χ0) is 14.8. The molecule has 0 heterocycles. The molecule has 1 aromatic carbocycles. The molecule has 2 unspecified atom stereocenters. The molecule has 0 aromatic heterocycles. The van der Waals surface area contributed by atoms with Crippen LogP contribution in [0.1, 0.15) is 37.7 Å². The number of carbonyl (C=O) groups is 1. The summed E-state index contributed by atoms with van der Waals surface area (Å²) in [6.07, 6.45) is 5.32. The monoisotopic (exact) mass is 290 g/mol. The molecule has 2 aliphatic carbocycles. The van der Waals surface area contributed by atoms with Crippen LogP contribution in [0.3, 0.4) is 0 Å². The predicted molar refractivity (Wildman–Crippen MR) is 79.9 cm³/mol. The van der Waals surface area contributed by atoms with Gasteiger partial charge in [0.1, 0.15) is 5.82 Å². The fourth-order valence-electron chi connectivity index (χ4n) is 3.42. The lowest BCUT2D eigenvalue weighted by Gasteiger charge is -2.28. The molecule has 0 aliphatic heterocycles. The first-order valence-corrected chi connectivity index (χ1v) is 7.94. The third-order valence-corrected chi connectivity index (χ3v) is 4.82. The van der Waals surface area contributed by atoms with E-state index < -0.39 is 0 Å². The summed E-state index contributed by atoms with van der Waals surface area (Å²) in [5.74, 6) is 0.458. The predicted octanol–water partition coefficient (Wildman–Crippen LogP) is 2.69. The second kappa shape index (κ2) is 6.14. The maximum absolute atomic E-state index is 13.0. The number of carbonyl (C=O) groups excluding carboxylic acids is 1. The Labute approximate surface area is 125 Å². The topological polar surface area (TPSA) is 46.3 Å². The van der Waals surface area contributed by atoms with Crippen LogP contribution in [0.15, 0.2) is 24.3 Å². The highest BCUT2D eigenvalue weighted by Gasteiger charge is 2.40. The molecule has 3 nitrogen and oxygen atoms in total. The minimum absolute atomic E-state index is 0.0936. The summed E-state index contributed by atoms with van der Waals surface area (Å²) >= 11 is 0. The second-order valence-corrected chi connectivity index (χ2v) is 6.36. The summed E-state index contributed by atoms with van der Waals surface area (Å²) in [5, 5.41) is 0. The van der Waals surface area contributed by atoms with Crippen LogP contribution in [0.5, 0.6) is 0 Å². The molecule has 1 amide bonds. The van der Waals surface area contributed by atoms with E-state index in [0.717, 1.165) is 37.7 Å². The van der Waals surface area contributed by atoms with Crippen LogP contribution < -0.4 is 5.73 Å². The number of rotatable bonds is 5. The molecule has 0 spiro atoms. The molecule has 2 saturated carbocycles. The van der Waals surface area contributed by atoms with Crippen LogP contribution in [-0.4, -0.2) is 23.4 Å². The highest BCUT2D eigenvalue weighted by molar-refractivity contribution is 5.80. The average molecular weight is 290 g/mol. The van der Waals surface area contributed by atoms with Crippen molar-refractivity contribution in [3.05, 3.63) is 35.6 Å². The maximum atomic E-state index is 13.0. The van der Waals surface area contributed by atoms with E-state index in [1.165, 1.54) is 12.1 Å². The number of nitrogens with two attached hydrogens (primary N) is 1. The van der Waals surface area contributed by atoms with Gasteiger partial charge in [-0.1, -0.05) is 18.6 Å². The van der Waals surface area contributed by atoms with Crippen molar-refractivity contribution < 1.29 is 9.18 Å². The van der Waals surface area contributed by atoms with Crippen LogP contribution in [0.25, 0.3) is 0 Å². The standard InChI is InChI=1S/C17H23FN2O/c18-14-6-4-12(5-7-14)11-20(15-8-9-15)17(21)16-3-1-2-13(16)10-19/h4-7,13,15-16H,1-3,8-11,19H2. The number of hydrogen-bond acceptors (Lipinski definition) is 2. The molecular formula is C17H23FN2O. The van der Waals surface area contributed by atoms with Gasteiger partial charge >= 0.3 is 0 Å². The van der Waals surface area contributed by atoms with Crippen molar-refractivity contribution in [2.24, 2.45) is 17.6 Å². The summed E-state index contributed by atoms with van der Waals surface area (Å²) in [5.41, 5.74) is 6.81. The summed E-state index contributed by atoms with van der Waals surface area (Å²) < 4.78 is 13.0. The molecule has 0 radical (unpaired) electrons. The van der Waals surface area contributed by atoms with Gasteiger partial charge < -0.3 is 10.6 Å². The lowest BCUT2D eigenvalue weighted by molar-refractivity contribution is -0.137. The van der Waals surface area contributed by atoms with Crippen LogP contribution in [0.2, 0.25) is 0 Å². The third-order valence-electron chi connectivity index (χ3n) is 4.82. The van der Waals surface area contributed by atoms with Crippen molar-refractivity contribution in [2.75, 3.05) is 6.54 Å². The minimum Gasteiger partial charge on any atom is -0.335 e. The lowest BCUT2D eigenvalue weighted by Crippen LogP contribution is -2.40. The smallest absolute Gasteiger partial charge is 0.226 e. The van der Waals surface area contributed by atoms with Gasteiger partial charge in [0, 0.05) is 18.5 Å². The van der Waals surface area contributed by atoms with E-state index in [2.05, 4.69) is 0 Å². The summed E-state index contributed by atoms with van der Waals surface area (Å²) in [6.45, 7) is 1.20.